The number of fused-ring (bicyclic) bond motifs is 14. The van der Waals surface area contributed by atoms with Crippen LogP contribution >= 0.6 is 11.3 Å². The highest BCUT2D eigenvalue weighted by molar-refractivity contribution is 7.17. The Bertz CT molecular complexity index is 8600. The highest BCUT2D eigenvalue weighted by atomic mass is 32.1. The van der Waals surface area contributed by atoms with E-state index in [2.05, 4.69) is 524 Å². The SMILES string of the molecule is Cc1cc2c(cc1-c1c3ccc([Si](C)(C)C)cc3cc(C)[n+]1C)C(C)(C)c1ccccc1-2.Cc1cc2c3ccccc3n(C(C)C)c2cc1-c1c2ccc([Si](C)(C)C)cc2cc(C)[n+]1C.Cc1cc2ccccc2cc1-c1c2ccc([Si](C)(C)C)cc2cc(C)[n+]1C.Cc1cc2ccoc2cc1-c1c2ccc([Si](C)(C)C)cc2cc(C)[n+]1C.Cc1cc2ccsc2cc1-c1c2ccc([Si](C)(C)C)cc2cc(C)[n+]1C. The Labute approximate surface area is 865 Å². The lowest BCUT2D eigenvalue weighted by Gasteiger charge is -2.22. The molecule has 1 aliphatic carbocycles. The van der Waals surface area contributed by atoms with Gasteiger partial charge < -0.3 is 8.98 Å². The molecule has 1 aliphatic rings. The van der Waals surface area contributed by atoms with Crippen molar-refractivity contribution in [1.29, 1.82) is 0 Å². The van der Waals surface area contributed by atoms with E-state index in [0.717, 1.165) is 11.0 Å². The number of aryl methyl sites for hydroxylation is 10. The molecular formula is C131H149N6OSSi5+5. The van der Waals surface area contributed by atoms with Gasteiger partial charge in [-0.2, -0.15) is 22.8 Å². The normalized spacial score (nSPS) is 12.8. The maximum atomic E-state index is 5.68. The van der Waals surface area contributed by atoms with Crippen LogP contribution in [0.4, 0.5) is 0 Å². The van der Waals surface area contributed by atoms with E-state index in [1.165, 1.54) is 257 Å². The van der Waals surface area contributed by atoms with Gasteiger partial charge in [-0.25, -0.2) is 0 Å². The number of hydrogen-bond acceptors (Lipinski definition) is 2. The Hall–Kier alpha value is -12.4. The standard InChI is InChI=1S/C30H35N2Si.C30H34NSi.C25H28NSi.C23H26NOSi.C23H26NSSi/c1-19(2)32-28-12-10-9-11-25(28)27-15-20(3)26(18-29(27)32)30-24-14-13-23(33(6,7)8)17-22(24)16-21(4)31(30)5;1-19-15-26-24-11-9-10-12-27(24)30(3,4)28(26)18-25(19)29-23-14-13-22(32(6,7)8)17-21(23)16-20(2)31(29)5;1-17-13-19-9-7-8-10-20(19)16-24(17)25-23-12-11-22(27(4,5)6)15-21(23)14-18(2)26(25)3;2*1-15-11-17-9-10-25-22(17)14-21(15)23-20-8-7-19(26(4,5)6)13-18(20)12-16(2)24(23)3/h9-19H,1-8H3;9-18H,1-8H3;7-16H,1-6H3;2*7-14H,1-6H3/q5*+1. The van der Waals surface area contributed by atoms with E-state index in [1.54, 1.807) is 6.26 Å². The fraction of sp³-hybridized carbons (Fsp3) is 0.275. The van der Waals surface area contributed by atoms with Crippen LogP contribution in [-0.2, 0) is 40.7 Å². The van der Waals surface area contributed by atoms with Gasteiger partial charge in [-0.3, -0.25) is 0 Å². The fourth-order valence-corrected chi connectivity index (χ4v) is 29.0. The molecule has 0 aliphatic heterocycles. The topological polar surface area (TPSA) is 37.5 Å². The van der Waals surface area contributed by atoms with Crippen molar-refractivity contribution in [1.82, 2.24) is 4.57 Å². The first kappa shape index (κ1) is 102. The average molecular weight is 2000 g/mol. The molecule has 0 N–H and O–H groups in total. The van der Waals surface area contributed by atoms with Gasteiger partial charge in [-0.1, -0.05) is 278 Å². The quantitative estimate of drug-likeness (QED) is 0.0939. The smallest absolute Gasteiger partial charge is 0.220 e. The summed E-state index contributed by atoms with van der Waals surface area (Å²) >= 11 is 1.82. The molecule has 0 bridgehead atoms. The van der Waals surface area contributed by atoms with Crippen molar-refractivity contribution in [3.8, 4) is 67.4 Å². The van der Waals surface area contributed by atoms with Crippen molar-refractivity contribution in [2.75, 3.05) is 0 Å². The van der Waals surface area contributed by atoms with E-state index in [4.69, 9.17) is 4.42 Å². The molecule has 13 aromatic carbocycles. The molecule has 0 spiro atoms. The third kappa shape index (κ3) is 19.0. The summed E-state index contributed by atoms with van der Waals surface area (Å²) in [5.41, 5.74) is 35.4. The highest BCUT2D eigenvalue weighted by Gasteiger charge is 2.38. The zero-order chi connectivity index (χ0) is 103. The van der Waals surface area contributed by atoms with Gasteiger partial charge >= 0.3 is 0 Å². The lowest BCUT2D eigenvalue weighted by atomic mass is 9.81. The van der Waals surface area contributed by atoms with Crippen LogP contribution in [0.25, 0.3) is 175 Å². The maximum absolute atomic E-state index is 5.68. The first-order valence-electron chi connectivity index (χ1n) is 51.8. The van der Waals surface area contributed by atoms with Gasteiger partial charge in [0.05, 0.1) is 107 Å². The highest BCUT2D eigenvalue weighted by Crippen LogP contribution is 2.51. The molecule has 22 rings (SSSR count). The average Bonchev–Trinajstić information content (AvgIpc) is 1.55. The number of hydrogen-bond donors (Lipinski definition) is 0. The minimum atomic E-state index is -1.37. The number of pyridine rings is 5. The van der Waals surface area contributed by atoms with E-state index in [0.29, 0.717) is 6.04 Å². The number of thiophene rings is 1. The Kier molecular flexibility index (Phi) is 26.9. The molecule has 730 valence electrons. The van der Waals surface area contributed by atoms with Crippen molar-refractivity contribution in [2.24, 2.45) is 35.2 Å². The van der Waals surface area contributed by atoms with Gasteiger partial charge in [0.1, 0.15) is 40.8 Å². The number of furan rings is 1. The molecular weight excluding hydrogens is 1850 g/mol. The molecule has 0 fully saturated rings. The molecule has 0 saturated carbocycles. The molecule has 0 atom stereocenters. The van der Waals surface area contributed by atoms with E-state index in [9.17, 15) is 0 Å². The molecule has 21 aromatic rings. The Morgan fingerprint density at radius 3 is 1.02 bits per heavy atom. The van der Waals surface area contributed by atoms with Gasteiger partial charge in [-0.05, 0) is 244 Å². The predicted octanol–water partition coefficient (Wildman–Crippen LogP) is 30.6. The zero-order valence-corrected chi connectivity index (χ0v) is 98.0. The molecule has 0 radical (unpaired) electrons. The van der Waals surface area contributed by atoms with Crippen LogP contribution < -0.4 is 48.8 Å². The molecule has 0 unspecified atom stereocenters. The summed E-state index contributed by atoms with van der Waals surface area (Å²) in [6, 6.07) is 102. The monoisotopic (exact) mass is 1990 g/mol. The maximum Gasteiger partial charge on any atom is 0.220 e. The second-order valence-electron chi connectivity index (χ2n) is 47.5. The lowest BCUT2D eigenvalue weighted by molar-refractivity contribution is -0.665. The first-order valence-corrected chi connectivity index (χ1v) is 70.2. The van der Waals surface area contributed by atoms with Crippen LogP contribution in [0, 0.1) is 69.2 Å². The number of benzene rings is 13. The third-order valence-electron chi connectivity index (χ3n) is 31.5. The van der Waals surface area contributed by atoms with E-state index in [-0.39, 0.29) is 5.41 Å². The summed E-state index contributed by atoms with van der Waals surface area (Å²) < 4.78 is 21.3. The van der Waals surface area contributed by atoms with Crippen LogP contribution in [0.3, 0.4) is 0 Å². The fourth-order valence-electron chi connectivity index (χ4n) is 22.3. The van der Waals surface area contributed by atoms with E-state index in [1.807, 2.05) is 17.4 Å². The van der Waals surface area contributed by atoms with Crippen LogP contribution in [0.2, 0.25) is 98.2 Å². The number of aromatic nitrogens is 6. The van der Waals surface area contributed by atoms with Crippen LogP contribution in [0.1, 0.15) is 101 Å². The van der Waals surface area contributed by atoms with E-state index >= 15 is 0 Å². The van der Waals surface area contributed by atoms with Gasteiger partial charge in [0.25, 0.3) is 0 Å². The zero-order valence-electron chi connectivity index (χ0n) is 92.1. The van der Waals surface area contributed by atoms with E-state index < -0.39 is 40.4 Å². The summed E-state index contributed by atoms with van der Waals surface area (Å²) in [5, 5.41) is 31.0. The largest absolute Gasteiger partial charge is 0.464 e. The van der Waals surface area contributed by atoms with Crippen LogP contribution in [0.5, 0.6) is 0 Å². The predicted molar refractivity (Wildman–Crippen MR) is 639 cm³/mol. The van der Waals surface area contributed by atoms with Crippen molar-refractivity contribution >= 4 is 185 Å². The number of nitrogens with zero attached hydrogens (tertiary/aromatic N) is 6. The number of para-hydroxylation sites is 1. The Morgan fingerprint density at radius 1 is 0.264 bits per heavy atom. The van der Waals surface area contributed by atoms with Crippen LogP contribution in [-0.4, -0.2) is 44.9 Å². The van der Waals surface area contributed by atoms with Crippen molar-refractivity contribution in [2.45, 2.75) is 207 Å². The van der Waals surface area contributed by atoms with Gasteiger partial charge in [-0.15, -0.1) is 11.3 Å². The van der Waals surface area contributed by atoms with Crippen LogP contribution in [0.15, 0.2) is 283 Å². The second-order valence-corrected chi connectivity index (χ2v) is 73.9. The molecule has 0 amide bonds. The number of rotatable bonds is 11. The van der Waals surface area contributed by atoms with Crippen molar-refractivity contribution < 1.29 is 27.3 Å². The molecule has 8 aromatic heterocycles. The second kappa shape index (κ2) is 38.2. The van der Waals surface area contributed by atoms with Gasteiger partial charge in [0.2, 0.25) is 28.5 Å². The Morgan fingerprint density at radius 2 is 0.604 bits per heavy atom. The minimum Gasteiger partial charge on any atom is -0.464 e. The Balaban J connectivity index is 0.000000119. The first-order chi connectivity index (χ1) is 67.8. The summed E-state index contributed by atoms with van der Waals surface area (Å²) in [7, 11) is 4.22. The third-order valence-corrected chi connectivity index (χ3v) is 42.6. The van der Waals surface area contributed by atoms with Gasteiger partial charge in [0.15, 0.2) is 28.5 Å². The summed E-state index contributed by atoms with van der Waals surface area (Å²) in [6.07, 6.45) is 1.77. The van der Waals surface area contributed by atoms with Crippen molar-refractivity contribution in [3.63, 3.8) is 0 Å². The molecule has 13 heteroatoms. The molecule has 8 heterocycles. The van der Waals surface area contributed by atoms with Crippen molar-refractivity contribution in [3.05, 3.63) is 346 Å². The molecule has 0 saturated heterocycles. The molecule has 144 heavy (non-hydrogen) atoms. The summed E-state index contributed by atoms with van der Waals surface area (Å²) in [6.45, 7) is 67.8. The lowest BCUT2D eigenvalue weighted by Crippen LogP contribution is -2.38. The van der Waals surface area contributed by atoms with Gasteiger partial charge in [0, 0.05) is 103 Å². The summed E-state index contributed by atoms with van der Waals surface area (Å²) in [5.74, 6) is 0. The minimum absolute atomic E-state index is 0.0115. The summed E-state index contributed by atoms with van der Waals surface area (Å²) in [4.78, 5) is 0. The molecule has 7 nitrogen and oxygen atoms in total.